The second-order valence-corrected chi connectivity index (χ2v) is 6.60. The van der Waals surface area contributed by atoms with Gasteiger partial charge in [0.05, 0.1) is 12.5 Å². The number of carbonyl (C=O) groups excluding carboxylic acids is 1. The monoisotopic (exact) mass is 318 g/mol. The number of rotatable bonds is 8. The Morgan fingerprint density at radius 1 is 1.00 bits per heavy atom. The predicted molar refractivity (Wildman–Crippen MR) is 92.8 cm³/mol. The molecule has 23 heavy (non-hydrogen) atoms. The summed E-state index contributed by atoms with van der Waals surface area (Å²) in [6.07, 6.45) is 9.17. The molecule has 2 rings (SSSR count). The molecule has 1 aromatic carbocycles. The van der Waals surface area contributed by atoms with E-state index in [-0.39, 0.29) is 11.9 Å². The molecule has 0 spiro atoms. The van der Waals surface area contributed by atoms with Gasteiger partial charge in [0.25, 0.3) is 0 Å². The number of benzene rings is 1. The second-order valence-electron chi connectivity index (χ2n) is 6.60. The van der Waals surface area contributed by atoms with Crippen LogP contribution >= 0.6 is 0 Å². The van der Waals surface area contributed by atoms with Crippen LogP contribution in [0.5, 0.6) is 11.5 Å². The Morgan fingerprint density at radius 3 is 2.26 bits per heavy atom. The van der Waals surface area contributed by atoms with E-state index in [9.17, 15) is 4.79 Å². The van der Waals surface area contributed by atoms with E-state index in [1.54, 1.807) is 0 Å². The zero-order chi connectivity index (χ0) is 16.5. The Balaban J connectivity index is 1.76. The highest BCUT2D eigenvalue weighted by atomic mass is 16.5. The first kappa shape index (κ1) is 17.8. The quantitative estimate of drug-likeness (QED) is 0.477. The minimum absolute atomic E-state index is 0.0684. The van der Waals surface area contributed by atoms with Crippen molar-refractivity contribution in [2.75, 3.05) is 6.61 Å². The molecule has 1 fully saturated rings. The molecule has 1 aromatic rings. The molecular formula is C20H30O3. The number of unbranched alkanes of at least 4 members (excludes halogenated alkanes) is 1. The van der Waals surface area contributed by atoms with Gasteiger partial charge in [0, 0.05) is 0 Å². The van der Waals surface area contributed by atoms with Crippen LogP contribution in [0.3, 0.4) is 0 Å². The van der Waals surface area contributed by atoms with Crippen LogP contribution in [0.25, 0.3) is 0 Å². The average molecular weight is 318 g/mol. The van der Waals surface area contributed by atoms with E-state index in [1.165, 1.54) is 32.1 Å². The fourth-order valence-corrected chi connectivity index (χ4v) is 3.20. The third-order valence-electron chi connectivity index (χ3n) is 4.66. The minimum atomic E-state index is -0.0684. The van der Waals surface area contributed by atoms with Crippen LogP contribution in [0.4, 0.5) is 0 Å². The molecule has 0 saturated heterocycles. The molecule has 0 heterocycles. The largest absolute Gasteiger partial charge is 0.494 e. The number of esters is 1. The van der Waals surface area contributed by atoms with Crippen LogP contribution in [0, 0.1) is 11.8 Å². The maximum atomic E-state index is 12.3. The summed E-state index contributed by atoms with van der Waals surface area (Å²) in [6, 6.07) is 7.35. The van der Waals surface area contributed by atoms with Crippen LogP contribution in [-0.2, 0) is 4.79 Å². The highest BCUT2D eigenvalue weighted by molar-refractivity contribution is 5.75. The van der Waals surface area contributed by atoms with Crippen LogP contribution in [0.1, 0.15) is 65.2 Å². The molecule has 128 valence electrons. The van der Waals surface area contributed by atoms with Crippen molar-refractivity contribution in [3.63, 3.8) is 0 Å². The smallest absolute Gasteiger partial charge is 0.314 e. The summed E-state index contributed by atoms with van der Waals surface area (Å²) < 4.78 is 11.1. The minimum Gasteiger partial charge on any atom is -0.494 e. The average Bonchev–Trinajstić information content (AvgIpc) is 2.59. The summed E-state index contributed by atoms with van der Waals surface area (Å²) in [5.74, 6) is 2.26. The van der Waals surface area contributed by atoms with Gasteiger partial charge >= 0.3 is 5.97 Å². The molecule has 0 unspecified atom stereocenters. The lowest BCUT2D eigenvalue weighted by molar-refractivity contribution is -0.140. The first-order valence-corrected chi connectivity index (χ1v) is 9.17. The molecule has 0 aromatic heterocycles. The van der Waals surface area contributed by atoms with Gasteiger partial charge in [0.15, 0.2) is 0 Å². The number of hydrogen-bond acceptors (Lipinski definition) is 3. The molecule has 0 radical (unpaired) electrons. The fourth-order valence-electron chi connectivity index (χ4n) is 3.20. The number of carbonyl (C=O) groups is 1. The molecule has 0 aliphatic heterocycles. The molecule has 0 bridgehead atoms. The molecule has 0 amide bonds. The summed E-state index contributed by atoms with van der Waals surface area (Å²) >= 11 is 0. The molecule has 3 nitrogen and oxygen atoms in total. The maximum absolute atomic E-state index is 12.3. The van der Waals surface area contributed by atoms with Crippen molar-refractivity contribution >= 4 is 5.97 Å². The first-order valence-electron chi connectivity index (χ1n) is 9.17. The molecule has 0 N–H and O–H groups in total. The number of ether oxygens (including phenoxy) is 2. The molecule has 0 atom stereocenters. The summed E-state index contributed by atoms with van der Waals surface area (Å²) in [7, 11) is 0. The van der Waals surface area contributed by atoms with Gasteiger partial charge in [-0.05, 0) is 62.3 Å². The standard InChI is InChI=1S/C20H30O3/c1-3-5-6-16-7-9-17(10-8-16)20(21)23-19-13-11-18(12-14-19)22-15-4-2/h11-14,16-17H,3-10,15H2,1-2H3. The molecular weight excluding hydrogens is 288 g/mol. The van der Waals surface area contributed by atoms with Crippen LogP contribution in [0.2, 0.25) is 0 Å². The Labute approximate surface area is 140 Å². The van der Waals surface area contributed by atoms with Crippen molar-refractivity contribution in [3.8, 4) is 11.5 Å². The highest BCUT2D eigenvalue weighted by Gasteiger charge is 2.27. The van der Waals surface area contributed by atoms with Gasteiger partial charge < -0.3 is 9.47 Å². The van der Waals surface area contributed by atoms with Crippen LogP contribution < -0.4 is 9.47 Å². The zero-order valence-electron chi connectivity index (χ0n) is 14.6. The third-order valence-corrected chi connectivity index (χ3v) is 4.66. The zero-order valence-corrected chi connectivity index (χ0v) is 14.6. The lowest BCUT2D eigenvalue weighted by Crippen LogP contribution is -2.25. The molecule has 1 saturated carbocycles. The first-order chi connectivity index (χ1) is 11.2. The Bertz CT molecular complexity index is 458. The van der Waals surface area contributed by atoms with E-state index in [0.29, 0.717) is 12.4 Å². The summed E-state index contributed by atoms with van der Waals surface area (Å²) in [5, 5.41) is 0. The normalized spacial score (nSPS) is 21.0. The van der Waals surface area contributed by atoms with Crippen LogP contribution in [0.15, 0.2) is 24.3 Å². The van der Waals surface area contributed by atoms with Gasteiger partial charge in [0.2, 0.25) is 0 Å². The van der Waals surface area contributed by atoms with Crippen molar-refractivity contribution in [1.82, 2.24) is 0 Å². The predicted octanol–water partition coefficient (Wildman–Crippen LogP) is 5.38. The van der Waals surface area contributed by atoms with Crippen molar-refractivity contribution < 1.29 is 14.3 Å². The van der Waals surface area contributed by atoms with Crippen molar-refractivity contribution in [3.05, 3.63) is 24.3 Å². The van der Waals surface area contributed by atoms with Gasteiger partial charge in [-0.3, -0.25) is 4.79 Å². The number of hydrogen-bond donors (Lipinski definition) is 0. The van der Waals surface area contributed by atoms with Gasteiger partial charge in [-0.15, -0.1) is 0 Å². The SMILES string of the molecule is CCCCC1CCC(C(=O)Oc2ccc(OCCC)cc2)CC1. The third kappa shape index (κ3) is 5.89. The van der Waals surface area contributed by atoms with E-state index < -0.39 is 0 Å². The topological polar surface area (TPSA) is 35.5 Å². The molecule has 1 aliphatic rings. The van der Waals surface area contributed by atoms with Gasteiger partial charge in [0.1, 0.15) is 11.5 Å². The Hall–Kier alpha value is -1.51. The van der Waals surface area contributed by atoms with E-state index in [0.717, 1.165) is 30.9 Å². The molecule has 1 aliphatic carbocycles. The Kier molecular flexibility index (Phi) is 7.44. The van der Waals surface area contributed by atoms with Crippen molar-refractivity contribution in [1.29, 1.82) is 0 Å². The maximum Gasteiger partial charge on any atom is 0.314 e. The van der Waals surface area contributed by atoms with E-state index in [1.807, 2.05) is 24.3 Å². The summed E-state index contributed by atoms with van der Waals surface area (Å²) in [4.78, 5) is 12.3. The fraction of sp³-hybridized carbons (Fsp3) is 0.650. The van der Waals surface area contributed by atoms with Gasteiger partial charge in [-0.25, -0.2) is 0 Å². The summed E-state index contributed by atoms with van der Waals surface area (Å²) in [5.41, 5.74) is 0. The lowest BCUT2D eigenvalue weighted by Gasteiger charge is -2.27. The van der Waals surface area contributed by atoms with Crippen molar-refractivity contribution in [2.24, 2.45) is 11.8 Å². The van der Waals surface area contributed by atoms with E-state index >= 15 is 0 Å². The lowest BCUT2D eigenvalue weighted by atomic mass is 9.80. The van der Waals surface area contributed by atoms with E-state index in [4.69, 9.17) is 9.47 Å². The van der Waals surface area contributed by atoms with Crippen molar-refractivity contribution in [2.45, 2.75) is 65.2 Å². The second kappa shape index (κ2) is 9.59. The van der Waals surface area contributed by atoms with Gasteiger partial charge in [-0.2, -0.15) is 0 Å². The van der Waals surface area contributed by atoms with Gasteiger partial charge in [-0.1, -0.05) is 33.1 Å². The Morgan fingerprint density at radius 2 is 1.65 bits per heavy atom. The van der Waals surface area contributed by atoms with E-state index in [2.05, 4.69) is 13.8 Å². The molecule has 3 heteroatoms. The highest BCUT2D eigenvalue weighted by Crippen LogP contribution is 2.33. The summed E-state index contributed by atoms with van der Waals surface area (Å²) in [6.45, 7) is 5.02. The van der Waals surface area contributed by atoms with Crippen LogP contribution in [-0.4, -0.2) is 12.6 Å².